The Morgan fingerprint density at radius 2 is 1.19 bits per heavy atom. The van der Waals surface area contributed by atoms with Crippen molar-refractivity contribution in [3.05, 3.63) is 48.6 Å². The zero-order valence-electron chi connectivity index (χ0n) is 24.2. The summed E-state index contributed by atoms with van der Waals surface area (Å²) in [7, 11) is 0. The van der Waals surface area contributed by atoms with Gasteiger partial charge < -0.3 is 15.5 Å². The van der Waals surface area contributed by atoms with Crippen LogP contribution in [0.25, 0.3) is 0 Å². The molecule has 0 spiro atoms. The van der Waals surface area contributed by atoms with Crippen molar-refractivity contribution in [1.29, 1.82) is 0 Å². The molecule has 0 aliphatic carbocycles. The Balaban J connectivity index is 3.55. The van der Waals surface area contributed by atoms with Crippen LogP contribution in [-0.2, 0) is 4.79 Å². The molecule has 0 saturated carbocycles. The zero-order chi connectivity index (χ0) is 27.2. The van der Waals surface area contributed by atoms with Gasteiger partial charge in [-0.3, -0.25) is 4.79 Å². The number of nitrogens with one attached hydrogen (secondary N) is 1. The quantitative estimate of drug-likeness (QED) is 0.0795. The third-order valence-corrected chi connectivity index (χ3v) is 6.60. The van der Waals surface area contributed by atoms with E-state index in [-0.39, 0.29) is 12.5 Å². The molecule has 4 nitrogen and oxygen atoms in total. The number of hydrogen-bond donors (Lipinski definition) is 3. The second-order valence-corrected chi connectivity index (χ2v) is 10.1. The van der Waals surface area contributed by atoms with Crippen molar-refractivity contribution in [1.82, 2.24) is 5.32 Å². The van der Waals surface area contributed by atoms with Gasteiger partial charge in [0.2, 0.25) is 5.91 Å². The molecule has 3 N–H and O–H groups in total. The summed E-state index contributed by atoms with van der Waals surface area (Å²) in [5.74, 6) is -0.0532. The molecule has 0 saturated heterocycles. The standard InChI is InChI=1S/C33H59NO3/c1-3-5-7-9-10-11-12-13-14-15-16-17-18-19-20-21-22-23-24-25-27-29-33(37)34-31(30-35)32(36)28-26-8-6-4-2/h5,7,10-11,13-14,16-17,31-32,35-36H,3-4,6,8-9,12,15,18-30H2,1-2H3,(H,34,37)/b7-5-,11-10-,14-13-,17-16-. The van der Waals surface area contributed by atoms with Gasteiger partial charge in [0.25, 0.3) is 0 Å². The van der Waals surface area contributed by atoms with Gasteiger partial charge in [-0.05, 0) is 51.4 Å². The number of allylic oxidation sites excluding steroid dienone is 8. The Morgan fingerprint density at radius 3 is 1.76 bits per heavy atom. The summed E-state index contributed by atoms with van der Waals surface area (Å²) in [6.07, 6.45) is 37.6. The van der Waals surface area contributed by atoms with E-state index in [0.29, 0.717) is 12.8 Å². The lowest BCUT2D eigenvalue weighted by Gasteiger charge is -2.22. The maximum atomic E-state index is 12.1. The van der Waals surface area contributed by atoms with Gasteiger partial charge in [0.1, 0.15) is 0 Å². The SMILES string of the molecule is CC/C=C\C/C=C\C/C=C\C/C=C\CCCCCCCCCCC(=O)NC(CO)C(O)CCCCCC. The normalized spacial score (nSPS) is 13.9. The molecule has 214 valence electrons. The van der Waals surface area contributed by atoms with Crippen LogP contribution in [0.2, 0.25) is 0 Å². The summed E-state index contributed by atoms with van der Waals surface area (Å²) >= 11 is 0. The Hall–Kier alpha value is -1.65. The van der Waals surface area contributed by atoms with E-state index >= 15 is 0 Å². The zero-order valence-corrected chi connectivity index (χ0v) is 24.2. The molecule has 0 rings (SSSR count). The minimum atomic E-state index is -0.659. The van der Waals surface area contributed by atoms with Gasteiger partial charge >= 0.3 is 0 Å². The summed E-state index contributed by atoms with van der Waals surface area (Å²) in [6.45, 7) is 4.11. The molecular formula is C33H59NO3. The molecule has 37 heavy (non-hydrogen) atoms. The van der Waals surface area contributed by atoms with Gasteiger partial charge in [-0.2, -0.15) is 0 Å². The maximum absolute atomic E-state index is 12.1. The fourth-order valence-corrected chi connectivity index (χ4v) is 4.23. The predicted molar refractivity (Wildman–Crippen MR) is 161 cm³/mol. The molecule has 1 amide bonds. The lowest BCUT2D eigenvalue weighted by Crippen LogP contribution is -2.45. The van der Waals surface area contributed by atoms with Gasteiger partial charge in [0.15, 0.2) is 0 Å². The van der Waals surface area contributed by atoms with Crippen LogP contribution in [0, 0.1) is 0 Å². The largest absolute Gasteiger partial charge is 0.394 e. The van der Waals surface area contributed by atoms with Crippen molar-refractivity contribution in [2.45, 2.75) is 148 Å². The molecule has 0 aliphatic rings. The minimum absolute atomic E-state index is 0.0532. The summed E-state index contributed by atoms with van der Waals surface area (Å²) in [5, 5.41) is 22.5. The summed E-state index contributed by atoms with van der Waals surface area (Å²) < 4.78 is 0. The molecule has 0 aromatic heterocycles. The molecular weight excluding hydrogens is 458 g/mol. The molecule has 0 aliphatic heterocycles. The third kappa shape index (κ3) is 25.8. The van der Waals surface area contributed by atoms with E-state index < -0.39 is 12.1 Å². The lowest BCUT2D eigenvalue weighted by molar-refractivity contribution is -0.123. The van der Waals surface area contributed by atoms with E-state index in [1.54, 1.807) is 0 Å². The molecule has 0 fully saturated rings. The first-order valence-corrected chi connectivity index (χ1v) is 15.3. The van der Waals surface area contributed by atoms with Gasteiger partial charge in [-0.25, -0.2) is 0 Å². The first-order chi connectivity index (χ1) is 18.2. The van der Waals surface area contributed by atoms with Crippen LogP contribution in [0.3, 0.4) is 0 Å². The van der Waals surface area contributed by atoms with E-state index in [4.69, 9.17) is 0 Å². The number of unbranched alkanes of at least 4 members (excludes halogenated alkanes) is 11. The molecule has 2 atom stereocenters. The fourth-order valence-electron chi connectivity index (χ4n) is 4.23. The molecule has 0 aromatic carbocycles. The number of carbonyl (C=O) groups is 1. The van der Waals surface area contributed by atoms with Crippen molar-refractivity contribution in [2.24, 2.45) is 0 Å². The number of rotatable bonds is 26. The maximum Gasteiger partial charge on any atom is 0.220 e. The summed E-state index contributed by atoms with van der Waals surface area (Å²) in [5.41, 5.74) is 0. The van der Waals surface area contributed by atoms with Crippen molar-refractivity contribution >= 4 is 5.91 Å². The first kappa shape index (κ1) is 35.4. The lowest BCUT2D eigenvalue weighted by atomic mass is 10.0. The third-order valence-electron chi connectivity index (χ3n) is 6.60. The Bertz CT molecular complexity index is 609. The topological polar surface area (TPSA) is 69.6 Å². The monoisotopic (exact) mass is 517 g/mol. The number of carbonyl (C=O) groups excluding carboxylic acids is 1. The first-order valence-electron chi connectivity index (χ1n) is 15.3. The summed E-state index contributed by atoms with van der Waals surface area (Å²) in [4.78, 5) is 12.1. The van der Waals surface area contributed by atoms with Gasteiger partial charge in [-0.1, -0.05) is 127 Å². The molecule has 0 radical (unpaired) electrons. The molecule has 0 heterocycles. The molecule has 0 aromatic rings. The highest BCUT2D eigenvalue weighted by Crippen LogP contribution is 2.12. The number of amides is 1. The van der Waals surface area contributed by atoms with Crippen LogP contribution < -0.4 is 5.32 Å². The fraction of sp³-hybridized carbons (Fsp3) is 0.727. The average molecular weight is 518 g/mol. The Kier molecular flexibility index (Phi) is 27.6. The Morgan fingerprint density at radius 1 is 0.676 bits per heavy atom. The summed E-state index contributed by atoms with van der Waals surface area (Å²) in [6, 6.07) is -0.536. The molecule has 0 bridgehead atoms. The second kappa shape index (κ2) is 28.9. The average Bonchev–Trinajstić information content (AvgIpc) is 2.90. The van der Waals surface area contributed by atoms with Crippen LogP contribution in [-0.4, -0.2) is 34.9 Å². The molecule has 2 unspecified atom stereocenters. The highest BCUT2D eigenvalue weighted by Gasteiger charge is 2.19. The van der Waals surface area contributed by atoms with Crippen LogP contribution in [0.1, 0.15) is 136 Å². The highest BCUT2D eigenvalue weighted by molar-refractivity contribution is 5.76. The van der Waals surface area contributed by atoms with Crippen LogP contribution >= 0.6 is 0 Å². The van der Waals surface area contributed by atoms with Gasteiger partial charge in [-0.15, -0.1) is 0 Å². The Labute approximate surface area is 229 Å². The highest BCUT2D eigenvalue weighted by atomic mass is 16.3. The van der Waals surface area contributed by atoms with Crippen LogP contribution in [0.15, 0.2) is 48.6 Å². The number of aliphatic hydroxyl groups is 2. The van der Waals surface area contributed by atoms with Crippen LogP contribution in [0.5, 0.6) is 0 Å². The number of aliphatic hydroxyl groups excluding tert-OH is 2. The van der Waals surface area contributed by atoms with E-state index in [2.05, 4.69) is 67.8 Å². The number of hydrogen-bond acceptors (Lipinski definition) is 3. The van der Waals surface area contributed by atoms with E-state index in [1.807, 2.05) is 0 Å². The van der Waals surface area contributed by atoms with Gasteiger partial charge in [0.05, 0.1) is 18.8 Å². The molecule has 4 heteroatoms. The smallest absolute Gasteiger partial charge is 0.220 e. The van der Waals surface area contributed by atoms with E-state index in [0.717, 1.165) is 64.2 Å². The van der Waals surface area contributed by atoms with Crippen molar-refractivity contribution in [3.8, 4) is 0 Å². The minimum Gasteiger partial charge on any atom is -0.394 e. The van der Waals surface area contributed by atoms with Crippen molar-refractivity contribution in [2.75, 3.05) is 6.61 Å². The van der Waals surface area contributed by atoms with Crippen LogP contribution in [0.4, 0.5) is 0 Å². The van der Waals surface area contributed by atoms with Gasteiger partial charge in [0, 0.05) is 6.42 Å². The van der Waals surface area contributed by atoms with Crippen molar-refractivity contribution < 1.29 is 15.0 Å². The van der Waals surface area contributed by atoms with E-state index in [1.165, 1.54) is 44.9 Å². The van der Waals surface area contributed by atoms with E-state index in [9.17, 15) is 15.0 Å². The van der Waals surface area contributed by atoms with Crippen molar-refractivity contribution in [3.63, 3.8) is 0 Å². The second-order valence-electron chi connectivity index (χ2n) is 10.1. The predicted octanol–water partition coefficient (Wildman–Crippen LogP) is 8.50.